The smallest absolute Gasteiger partial charge is 0.124 e. The van der Waals surface area contributed by atoms with Gasteiger partial charge in [0, 0.05) is 0 Å². The van der Waals surface area contributed by atoms with E-state index in [4.69, 9.17) is 0 Å². The van der Waals surface area contributed by atoms with Gasteiger partial charge < -0.3 is 5.32 Å². The van der Waals surface area contributed by atoms with E-state index in [2.05, 4.69) is 11.4 Å². The minimum absolute atomic E-state index is 0.0972. The van der Waals surface area contributed by atoms with Gasteiger partial charge in [-0.25, -0.2) is 4.39 Å². The van der Waals surface area contributed by atoms with Crippen LogP contribution < -0.4 is 5.32 Å². The molecule has 0 amide bonds. The molecule has 0 bridgehead atoms. The Bertz CT molecular complexity index is 179. The lowest BCUT2D eigenvalue weighted by Crippen LogP contribution is -2.43. The molecule has 1 rings (SSSR count). The molecule has 1 aliphatic rings. The van der Waals surface area contributed by atoms with E-state index in [1.165, 1.54) is 12.0 Å². The molecule has 0 aromatic carbocycles. The van der Waals surface area contributed by atoms with Crippen LogP contribution in [0.2, 0.25) is 0 Å². The first-order valence-electron chi connectivity index (χ1n) is 4.61. The van der Waals surface area contributed by atoms with Crippen molar-refractivity contribution in [1.82, 2.24) is 5.32 Å². The maximum atomic E-state index is 13.6. The van der Waals surface area contributed by atoms with Crippen LogP contribution in [0.1, 0.15) is 33.1 Å². The minimum Gasteiger partial charge on any atom is -0.311 e. The lowest BCUT2D eigenvalue weighted by Gasteiger charge is -2.27. The fourth-order valence-electron chi connectivity index (χ4n) is 1.93. The lowest BCUT2D eigenvalue weighted by molar-refractivity contribution is 0.171. The van der Waals surface area contributed by atoms with Crippen LogP contribution in [0.25, 0.3) is 0 Å². The molecule has 0 spiro atoms. The van der Waals surface area contributed by atoms with Crippen molar-refractivity contribution in [1.29, 1.82) is 0 Å². The number of hydrogen-bond acceptors (Lipinski definition) is 1. The van der Waals surface area contributed by atoms with Crippen LogP contribution in [0.3, 0.4) is 0 Å². The molecule has 70 valence electrons. The molecular formula is C10H18FN. The van der Waals surface area contributed by atoms with Gasteiger partial charge in [-0.05, 0) is 40.2 Å². The van der Waals surface area contributed by atoms with Gasteiger partial charge in [0.1, 0.15) is 5.67 Å². The summed E-state index contributed by atoms with van der Waals surface area (Å²) >= 11 is 0. The highest BCUT2D eigenvalue weighted by Gasteiger charge is 2.31. The summed E-state index contributed by atoms with van der Waals surface area (Å²) in [5, 5.41) is 3.04. The molecular weight excluding hydrogens is 153 g/mol. The van der Waals surface area contributed by atoms with E-state index >= 15 is 0 Å². The molecule has 1 aliphatic carbocycles. The van der Waals surface area contributed by atoms with Crippen molar-refractivity contribution >= 4 is 0 Å². The van der Waals surface area contributed by atoms with Gasteiger partial charge in [-0.2, -0.15) is 0 Å². The highest BCUT2D eigenvalue weighted by Crippen LogP contribution is 2.28. The summed E-state index contributed by atoms with van der Waals surface area (Å²) in [4.78, 5) is 0. The molecule has 0 aromatic rings. The van der Waals surface area contributed by atoms with Crippen molar-refractivity contribution in [3.63, 3.8) is 0 Å². The van der Waals surface area contributed by atoms with Crippen LogP contribution in [0, 0.1) is 0 Å². The van der Waals surface area contributed by atoms with Crippen molar-refractivity contribution in [2.45, 2.75) is 44.8 Å². The largest absolute Gasteiger partial charge is 0.311 e. The van der Waals surface area contributed by atoms with Gasteiger partial charge >= 0.3 is 0 Å². The van der Waals surface area contributed by atoms with Crippen molar-refractivity contribution < 1.29 is 4.39 Å². The van der Waals surface area contributed by atoms with Crippen LogP contribution in [-0.4, -0.2) is 18.8 Å². The molecule has 2 heteroatoms. The quantitative estimate of drug-likeness (QED) is 0.643. The zero-order valence-corrected chi connectivity index (χ0v) is 8.15. The average molecular weight is 171 g/mol. The second-order valence-electron chi connectivity index (χ2n) is 3.96. The van der Waals surface area contributed by atoms with E-state index in [0.29, 0.717) is 0 Å². The predicted molar refractivity (Wildman–Crippen MR) is 50.0 cm³/mol. The zero-order chi connectivity index (χ0) is 9.19. The predicted octanol–water partition coefficient (Wildman–Crippen LogP) is 2.43. The molecule has 1 unspecified atom stereocenters. The van der Waals surface area contributed by atoms with Gasteiger partial charge in [0.15, 0.2) is 0 Å². The van der Waals surface area contributed by atoms with Crippen LogP contribution in [-0.2, 0) is 0 Å². The summed E-state index contributed by atoms with van der Waals surface area (Å²) in [5.74, 6) is 0. The standard InChI is InChI=1S/C10H18FN/c1-10(2,11)9(12-3)8-6-4-5-7-8/h6,9,12H,4-5,7H2,1-3H3. The second kappa shape index (κ2) is 3.56. The summed E-state index contributed by atoms with van der Waals surface area (Å²) in [6, 6.07) is -0.0972. The maximum absolute atomic E-state index is 13.6. The van der Waals surface area contributed by atoms with Gasteiger partial charge in [-0.3, -0.25) is 0 Å². The van der Waals surface area contributed by atoms with Crippen LogP contribution in [0.5, 0.6) is 0 Å². The van der Waals surface area contributed by atoms with E-state index in [9.17, 15) is 4.39 Å². The van der Waals surface area contributed by atoms with Gasteiger partial charge in [0.05, 0.1) is 6.04 Å². The monoisotopic (exact) mass is 171 g/mol. The number of alkyl halides is 1. The molecule has 0 aliphatic heterocycles. The first kappa shape index (κ1) is 9.72. The van der Waals surface area contributed by atoms with Crippen molar-refractivity contribution in [3.8, 4) is 0 Å². The average Bonchev–Trinajstić information content (AvgIpc) is 2.38. The summed E-state index contributed by atoms with van der Waals surface area (Å²) in [6.45, 7) is 3.26. The summed E-state index contributed by atoms with van der Waals surface area (Å²) in [5.41, 5.74) is 0.0928. The molecule has 1 nitrogen and oxygen atoms in total. The molecule has 0 radical (unpaired) electrons. The zero-order valence-electron chi connectivity index (χ0n) is 8.15. The lowest BCUT2D eigenvalue weighted by atomic mass is 9.93. The summed E-state index contributed by atoms with van der Waals surface area (Å²) in [6.07, 6.45) is 5.52. The van der Waals surface area contributed by atoms with Gasteiger partial charge in [-0.1, -0.05) is 11.6 Å². The van der Waals surface area contributed by atoms with E-state index in [-0.39, 0.29) is 6.04 Å². The highest BCUT2D eigenvalue weighted by molar-refractivity contribution is 5.19. The third-order valence-electron chi connectivity index (χ3n) is 2.42. The Kier molecular flexibility index (Phi) is 2.89. The van der Waals surface area contributed by atoms with Gasteiger partial charge in [-0.15, -0.1) is 0 Å². The Balaban J connectivity index is 2.68. The minimum atomic E-state index is -1.15. The second-order valence-corrected chi connectivity index (χ2v) is 3.96. The fraction of sp³-hybridized carbons (Fsp3) is 0.800. The number of rotatable bonds is 3. The third-order valence-corrected chi connectivity index (χ3v) is 2.42. The molecule has 0 aromatic heterocycles. The normalized spacial score (nSPS) is 20.8. The maximum Gasteiger partial charge on any atom is 0.124 e. The van der Waals surface area contributed by atoms with Gasteiger partial charge in [0.25, 0.3) is 0 Å². The number of nitrogens with one attached hydrogen (secondary N) is 1. The molecule has 1 atom stereocenters. The Morgan fingerprint density at radius 1 is 1.58 bits per heavy atom. The molecule has 12 heavy (non-hydrogen) atoms. The number of allylic oxidation sites excluding steroid dienone is 1. The molecule has 0 heterocycles. The van der Waals surface area contributed by atoms with E-state index in [0.717, 1.165) is 12.8 Å². The van der Waals surface area contributed by atoms with Crippen molar-refractivity contribution in [2.24, 2.45) is 0 Å². The van der Waals surface area contributed by atoms with E-state index in [1.54, 1.807) is 13.8 Å². The summed E-state index contributed by atoms with van der Waals surface area (Å²) < 4.78 is 13.6. The Labute approximate surface area is 74.0 Å². The van der Waals surface area contributed by atoms with Crippen LogP contribution >= 0.6 is 0 Å². The van der Waals surface area contributed by atoms with E-state index < -0.39 is 5.67 Å². The Morgan fingerprint density at radius 3 is 2.58 bits per heavy atom. The van der Waals surface area contributed by atoms with Crippen molar-refractivity contribution in [2.75, 3.05) is 7.05 Å². The Hall–Kier alpha value is -0.370. The number of hydrogen-bond donors (Lipinski definition) is 1. The van der Waals surface area contributed by atoms with Crippen LogP contribution in [0.4, 0.5) is 4.39 Å². The first-order valence-corrected chi connectivity index (χ1v) is 4.61. The SMILES string of the molecule is CNC(C1=CCCC1)C(C)(C)F. The third kappa shape index (κ3) is 2.07. The topological polar surface area (TPSA) is 12.0 Å². The molecule has 0 fully saturated rings. The first-order chi connectivity index (χ1) is 5.55. The van der Waals surface area contributed by atoms with Crippen LogP contribution in [0.15, 0.2) is 11.6 Å². The molecule has 0 saturated heterocycles. The number of halogens is 1. The number of likely N-dealkylation sites (N-methyl/N-ethyl adjacent to an activating group) is 1. The molecule has 1 N–H and O–H groups in total. The summed E-state index contributed by atoms with van der Waals surface area (Å²) in [7, 11) is 1.82. The molecule has 0 saturated carbocycles. The van der Waals surface area contributed by atoms with Crippen molar-refractivity contribution in [3.05, 3.63) is 11.6 Å². The van der Waals surface area contributed by atoms with E-state index in [1.807, 2.05) is 7.05 Å². The Morgan fingerprint density at radius 2 is 2.25 bits per heavy atom. The highest BCUT2D eigenvalue weighted by atomic mass is 19.1. The van der Waals surface area contributed by atoms with Gasteiger partial charge in [0.2, 0.25) is 0 Å². The fourth-order valence-corrected chi connectivity index (χ4v) is 1.93.